The standard InChI is InChI=1S/C50H54Br2N6O14S2/c1-29-33(25-71-45-41(51)15-35(19-55-49(3,27-59)47(61)62)43(57-45)69-23-31-13-37(21-53-17-31)73(5,65)66)9-7-11-39(29)40-12-8-10-34(30(40)2)26-72-46-42(52)16-36(20-56-50(4,28-60)48(63)64)44(58-46)70-24-32-14-38(22-54-18-32)74(6,67)68/h7-18,21-22,55-56,59-60H,19-20,23-28H2,1-6H3,(H,61,62)(H,63,64)/t49-,50-/m1/s1. The first-order chi connectivity index (χ1) is 34.8. The Morgan fingerprint density at radius 1 is 0.568 bits per heavy atom. The predicted molar refractivity (Wildman–Crippen MR) is 277 cm³/mol. The van der Waals surface area contributed by atoms with E-state index in [1.807, 2.05) is 50.2 Å². The van der Waals surface area contributed by atoms with Gasteiger partial charge in [0.25, 0.3) is 0 Å². The van der Waals surface area contributed by atoms with Gasteiger partial charge < -0.3 is 39.4 Å². The number of benzene rings is 2. The molecule has 74 heavy (non-hydrogen) atoms. The van der Waals surface area contributed by atoms with Gasteiger partial charge in [-0.25, -0.2) is 16.8 Å². The van der Waals surface area contributed by atoms with Crippen LogP contribution in [-0.4, -0.2) is 106 Å². The van der Waals surface area contributed by atoms with E-state index in [1.165, 1.54) is 50.8 Å². The fraction of sp³-hybridized carbons (Fsp3) is 0.320. The number of hydrogen-bond donors (Lipinski definition) is 6. The average molecular weight is 1190 g/mol. The van der Waals surface area contributed by atoms with Gasteiger partial charge in [0.1, 0.15) is 37.5 Å². The van der Waals surface area contributed by atoms with Crippen LogP contribution in [0.25, 0.3) is 11.1 Å². The van der Waals surface area contributed by atoms with Gasteiger partial charge in [-0.15, -0.1) is 0 Å². The van der Waals surface area contributed by atoms with E-state index in [0.29, 0.717) is 31.2 Å². The molecule has 4 aromatic heterocycles. The summed E-state index contributed by atoms with van der Waals surface area (Å²) in [6, 6.07) is 17.8. The van der Waals surface area contributed by atoms with E-state index in [-0.39, 0.29) is 72.8 Å². The highest BCUT2D eigenvalue weighted by molar-refractivity contribution is 9.11. The molecule has 0 radical (unpaired) electrons. The monoisotopic (exact) mass is 1180 g/mol. The molecule has 6 aromatic rings. The van der Waals surface area contributed by atoms with Gasteiger partial charge in [-0.1, -0.05) is 36.4 Å². The summed E-state index contributed by atoms with van der Waals surface area (Å²) >= 11 is 7.07. The molecule has 0 aliphatic carbocycles. The minimum Gasteiger partial charge on any atom is -0.480 e. The minimum absolute atomic E-state index is 0.00233. The van der Waals surface area contributed by atoms with Crippen molar-refractivity contribution >= 4 is 63.5 Å². The Morgan fingerprint density at radius 2 is 0.932 bits per heavy atom. The zero-order valence-electron chi connectivity index (χ0n) is 41.0. The first-order valence-corrected chi connectivity index (χ1v) is 27.8. The topological polar surface area (TPSA) is 296 Å². The Bertz CT molecular complexity index is 3080. The van der Waals surface area contributed by atoms with Gasteiger partial charge in [-0.05, 0) is 117 Å². The number of carboxylic acid groups (broad SMARTS) is 2. The van der Waals surface area contributed by atoms with Crippen molar-refractivity contribution in [2.75, 3.05) is 25.7 Å². The van der Waals surface area contributed by atoms with E-state index in [0.717, 1.165) is 45.9 Å². The summed E-state index contributed by atoms with van der Waals surface area (Å²) in [7, 11) is -7.12. The number of aliphatic carboxylic acids is 2. The van der Waals surface area contributed by atoms with Crippen LogP contribution in [0.1, 0.15) is 58.4 Å². The van der Waals surface area contributed by atoms with Crippen molar-refractivity contribution in [3.8, 4) is 34.6 Å². The van der Waals surface area contributed by atoms with Crippen molar-refractivity contribution in [2.24, 2.45) is 0 Å². The van der Waals surface area contributed by atoms with Crippen LogP contribution in [0, 0.1) is 13.8 Å². The van der Waals surface area contributed by atoms with Crippen molar-refractivity contribution in [1.29, 1.82) is 0 Å². The lowest BCUT2D eigenvalue weighted by molar-refractivity contribution is -0.146. The van der Waals surface area contributed by atoms with Gasteiger partial charge in [-0.3, -0.25) is 30.2 Å². The highest BCUT2D eigenvalue weighted by Crippen LogP contribution is 2.35. The third-order valence-electron chi connectivity index (χ3n) is 11.9. The third-order valence-corrected chi connectivity index (χ3v) is 15.2. The maximum absolute atomic E-state index is 12.2. The third kappa shape index (κ3) is 14.2. The number of sulfone groups is 2. The van der Waals surface area contributed by atoms with E-state index < -0.39 is 55.9 Å². The Balaban J connectivity index is 1.23. The van der Waals surface area contributed by atoms with Gasteiger partial charge in [0.15, 0.2) is 19.7 Å². The van der Waals surface area contributed by atoms with E-state index >= 15 is 0 Å². The second kappa shape index (κ2) is 24.0. The number of carboxylic acids is 2. The molecule has 24 heteroatoms. The smallest absolute Gasteiger partial charge is 0.326 e. The Hall–Kier alpha value is -6.12. The summed E-state index contributed by atoms with van der Waals surface area (Å²) < 4.78 is 74.4. The molecular formula is C50H54Br2N6O14S2. The largest absolute Gasteiger partial charge is 0.480 e. The number of rotatable bonds is 25. The quantitative estimate of drug-likeness (QED) is 0.0380. The molecule has 0 aliphatic rings. The summed E-state index contributed by atoms with van der Waals surface area (Å²) in [5.41, 5.74) is 3.61. The number of aliphatic hydroxyl groups excluding tert-OH is 2. The minimum atomic E-state index is -3.56. The number of aromatic nitrogens is 4. The van der Waals surface area contributed by atoms with Crippen molar-refractivity contribution < 1.29 is 65.8 Å². The number of halogens is 2. The number of carbonyl (C=O) groups is 2. The molecule has 0 spiro atoms. The Labute approximate surface area is 444 Å². The van der Waals surface area contributed by atoms with E-state index in [2.05, 4.69) is 62.4 Å². The molecule has 6 N–H and O–H groups in total. The molecule has 20 nitrogen and oxygen atoms in total. The molecule has 6 rings (SSSR count). The predicted octanol–water partition coefficient (Wildman–Crippen LogP) is 6.05. The lowest BCUT2D eigenvalue weighted by Crippen LogP contribution is -2.52. The van der Waals surface area contributed by atoms with Crippen LogP contribution < -0.4 is 29.6 Å². The van der Waals surface area contributed by atoms with E-state index in [1.54, 1.807) is 12.1 Å². The summed E-state index contributed by atoms with van der Waals surface area (Å²) in [5, 5.41) is 44.9. The number of aliphatic hydroxyl groups is 2. The van der Waals surface area contributed by atoms with Crippen LogP contribution in [-0.2, 0) is 68.8 Å². The molecule has 0 saturated carbocycles. The molecule has 0 bridgehead atoms. The van der Waals surface area contributed by atoms with Crippen LogP contribution in [0.2, 0.25) is 0 Å². The van der Waals surface area contributed by atoms with Gasteiger partial charge in [0, 0.05) is 72.6 Å². The van der Waals surface area contributed by atoms with Crippen molar-refractivity contribution in [3.05, 3.63) is 139 Å². The van der Waals surface area contributed by atoms with Gasteiger partial charge in [-0.2, -0.15) is 9.97 Å². The number of ether oxygens (including phenoxy) is 4. The van der Waals surface area contributed by atoms with Gasteiger partial charge in [0.2, 0.25) is 23.5 Å². The van der Waals surface area contributed by atoms with Crippen LogP contribution in [0.3, 0.4) is 0 Å². The molecule has 0 unspecified atom stereocenters. The van der Waals surface area contributed by atoms with Crippen molar-refractivity contribution in [3.63, 3.8) is 0 Å². The highest BCUT2D eigenvalue weighted by atomic mass is 79.9. The molecule has 0 saturated heterocycles. The van der Waals surface area contributed by atoms with Crippen LogP contribution in [0.4, 0.5) is 0 Å². The number of nitrogens with zero attached hydrogens (tertiary/aromatic N) is 4. The SMILES string of the molecule is Cc1c(COc2nc(OCc3cncc(S(C)(=O)=O)c3)c(CN[C@](C)(CO)C(=O)O)cc2Br)cccc1-c1cccc(COc2nc(OCc3cncc(S(C)(=O)=O)c3)c(CN[C@](C)(CO)C(=O)O)cc2Br)c1C. The molecule has 0 amide bonds. The molecule has 0 aliphatic heterocycles. The maximum atomic E-state index is 12.2. The summed E-state index contributed by atoms with van der Waals surface area (Å²) in [6.45, 7) is 4.88. The molecule has 394 valence electrons. The summed E-state index contributed by atoms with van der Waals surface area (Å²) in [6.07, 6.45) is 7.50. The molecule has 2 atom stereocenters. The van der Waals surface area contributed by atoms with Crippen LogP contribution in [0.15, 0.2) is 104 Å². The Morgan fingerprint density at radius 3 is 1.27 bits per heavy atom. The first kappa shape index (κ1) is 57.2. The second-order valence-corrected chi connectivity index (χ2v) is 23.5. The van der Waals surface area contributed by atoms with Crippen LogP contribution >= 0.6 is 31.9 Å². The lowest BCUT2D eigenvalue weighted by atomic mass is 9.92. The highest BCUT2D eigenvalue weighted by Gasteiger charge is 2.33. The van der Waals surface area contributed by atoms with E-state index in [4.69, 9.17) is 18.9 Å². The van der Waals surface area contributed by atoms with Crippen LogP contribution in [0.5, 0.6) is 23.5 Å². The number of pyridine rings is 4. The molecule has 4 heterocycles. The molecule has 0 fully saturated rings. The van der Waals surface area contributed by atoms with E-state index in [9.17, 15) is 46.9 Å². The molecule has 2 aromatic carbocycles. The molecular weight excluding hydrogens is 1130 g/mol. The second-order valence-electron chi connectivity index (χ2n) is 17.7. The van der Waals surface area contributed by atoms with Crippen molar-refractivity contribution in [1.82, 2.24) is 30.6 Å². The Kier molecular flexibility index (Phi) is 18.6. The summed E-state index contributed by atoms with van der Waals surface area (Å²) in [5.74, 6) is -2.13. The maximum Gasteiger partial charge on any atom is 0.326 e. The van der Waals surface area contributed by atoms with Crippen molar-refractivity contribution in [2.45, 2.75) is 88.1 Å². The zero-order chi connectivity index (χ0) is 54.2. The lowest BCUT2D eigenvalue weighted by Gasteiger charge is -2.24. The first-order valence-electron chi connectivity index (χ1n) is 22.4. The number of hydrogen-bond acceptors (Lipinski definition) is 18. The summed E-state index contributed by atoms with van der Waals surface area (Å²) in [4.78, 5) is 41.2. The normalized spacial score (nSPS) is 13.4. The fourth-order valence-electron chi connectivity index (χ4n) is 7.02. The zero-order valence-corrected chi connectivity index (χ0v) is 45.8. The average Bonchev–Trinajstić information content (AvgIpc) is 3.36. The van der Waals surface area contributed by atoms with Gasteiger partial charge in [0.05, 0.1) is 32.0 Å². The van der Waals surface area contributed by atoms with Gasteiger partial charge >= 0.3 is 11.9 Å². The fourth-order valence-corrected chi connectivity index (χ4v) is 9.22. The number of nitrogens with one attached hydrogen (secondary N) is 2.